The van der Waals surface area contributed by atoms with E-state index in [0.29, 0.717) is 6.54 Å². The third-order valence-corrected chi connectivity index (χ3v) is 4.12. The minimum absolute atomic E-state index is 0.0773. The van der Waals surface area contributed by atoms with E-state index in [2.05, 4.69) is 16.4 Å². The molecule has 0 aliphatic carbocycles. The molecule has 0 saturated carbocycles. The number of hydrogen-bond acceptors (Lipinski definition) is 1. The maximum Gasteiger partial charge on any atom is 0.197 e. The van der Waals surface area contributed by atoms with Crippen molar-refractivity contribution in [3.8, 4) is 11.8 Å². The van der Waals surface area contributed by atoms with Gasteiger partial charge in [-0.05, 0) is 36.4 Å². The second-order valence-electron chi connectivity index (χ2n) is 5.62. The van der Waals surface area contributed by atoms with Crippen molar-refractivity contribution in [2.24, 2.45) is 0 Å². The van der Waals surface area contributed by atoms with Gasteiger partial charge in [0.1, 0.15) is 0 Å². The maximum absolute atomic E-state index is 12.7. The molecule has 0 spiro atoms. The van der Waals surface area contributed by atoms with Crippen molar-refractivity contribution >= 4 is 21.8 Å². The molecule has 0 aliphatic heterocycles. The van der Waals surface area contributed by atoms with Crippen LogP contribution in [0.2, 0.25) is 0 Å². The monoisotopic (exact) mass is 309 g/mol. The van der Waals surface area contributed by atoms with Gasteiger partial charge in [0.15, 0.2) is 5.43 Å². The molecule has 114 valence electrons. The van der Waals surface area contributed by atoms with E-state index >= 15 is 0 Å². The summed E-state index contributed by atoms with van der Waals surface area (Å²) in [5, 5.41) is 1.47. The fourth-order valence-electron chi connectivity index (χ4n) is 2.99. The summed E-state index contributed by atoms with van der Waals surface area (Å²) in [4.78, 5) is 12.7. The summed E-state index contributed by atoms with van der Waals surface area (Å²) in [5.41, 5.74) is 2.91. The number of nitrogens with zero attached hydrogens (tertiary/aromatic N) is 1. The van der Waals surface area contributed by atoms with E-state index in [1.807, 2.05) is 78.9 Å². The molecule has 24 heavy (non-hydrogen) atoms. The second kappa shape index (κ2) is 6.06. The molecule has 0 aliphatic rings. The molecule has 0 radical (unpaired) electrons. The first-order chi connectivity index (χ1) is 11.8. The zero-order valence-corrected chi connectivity index (χ0v) is 13.1. The molecule has 0 amide bonds. The zero-order chi connectivity index (χ0) is 16.4. The highest BCUT2D eigenvalue weighted by Crippen LogP contribution is 2.18. The van der Waals surface area contributed by atoms with E-state index in [-0.39, 0.29) is 5.43 Å². The summed E-state index contributed by atoms with van der Waals surface area (Å²) in [7, 11) is 0. The summed E-state index contributed by atoms with van der Waals surface area (Å²) in [6, 6.07) is 25.4. The van der Waals surface area contributed by atoms with Crippen LogP contribution >= 0.6 is 0 Å². The first kappa shape index (κ1) is 14.3. The van der Waals surface area contributed by atoms with Crippen molar-refractivity contribution in [2.75, 3.05) is 0 Å². The van der Waals surface area contributed by atoms with Crippen LogP contribution in [0.15, 0.2) is 83.7 Å². The van der Waals surface area contributed by atoms with Crippen LogP contribution in [0, 0.1) is 11.8 Å². The third-order valence-electron chi connectivity index (χ3n) is 4.12. The Hall–Kier alpha value is -3.31. The van der Waals surface area contributed by atoms with Gasteiger partial charge in [-0.15, -0.1) is 0 Å². The molecule has 1 heterocycles. The Balaban J connectivity index is 1.91. The molecule has 4 rings (SSSR count). The largest absolute Gasteiger partial charge is 0.328 e. The van der Waals surface area contributed by atoms with Gasteiger partial charge in [-0.25, -0.2) is 0 Å². The number of fused-ring (bicyclic) bond motifs is 2. The number of aromatic nitrogens is 1. The van der Waals surface area contributed by atoms with Gasteiger partial charge in [-0.1, -0.05) is 54.3 Å². The molecule has 4 aromatic rings. The van der Waals surface area contributed by atoms with E-state index in [1.165, 1.54) is 0 Å². The summed E-state index contributed by atoms with van der Waals surface area (Å²) in [6.07, 6.45) is 0. The second-order valence-corrected chi connectivity index (χ2v) is 5.62. The van der Waals surface area contributed by atoms with Crippen LogP contribution in [0.3, 0.4) is 0 Å². The third kappa shape index (κ3) is 2.47. The Labute approximate surface area is 140 Å². The Kier molecular flexibility index (Phi) is 3.61. The molecule has 2 heteroatoms. The molecule has 0 atom stereocenters. The zero-order valence-electron chi connectivity index (χ0n) is 13.1. The van der Waals surface area contributed by atoms with Crippen LogP contribution in [-0.2, 0) is 6.54 Å². The molecule has 1 aromatic heterocycles. The summed E-state index contributed by atoms with van der Waals surface area (Å²) in [5.74, 6) is 6.42. The van der Waals surface area contributed by atoms with Crippen molar-refractivity contribution in [3.05, 3.63) is 94.6 Å². The van der Waals surface area contributed by atoms with Gasteiger partial charge >= 0.3 is 0 Å². The number of para-hydroxylation sites is 2. The number of pyridine rings is 1. The average molecular weight is 309 g/mol. The highest BCUT2D eigenvalue weighted by Gasteiger charge is 2.08. The molecule has 0 fully saturated rings. The molecule has 3 aromatic carbocycles. The number of benzene rings is 3. The molecule has 2 nitrogen and oxygen atoms in total. The lowest BCUT2D eigenvalue weighted by Gasteiger charge is -2.12. The van der Waals surface area contributed by atoms with Crippen LogP contribution in [0.4, 0.5) is 0 Å². The van der Waals surface area contributed by atoms with Crippen molar-refractivity contribution in [1.82, 2.24) is 4.57 Å². The number of hydrogen-bond donors (Lipinski definition) is 0. The Morgan fingerprint density at radius 2 is 1.25 bits per heavy atom. The Morgan fingerprint density at radius 3 is 1.88 bits per heavy atom. The normalized spacial score (nSPS) is 10.5. The maximum atomic E-state index is 12.7. The highest BCUT2D eigenvalue weighted by atomic mass is 16.1. The van der Waals surface area contributed by atoms with Gasteiger partial charge in [-0.2, -0.15) is 0 Å². The Bertz CT molecular complexity index is 1080. The fraction of sp³-hybridized carbons (Fsp3) is 0.0455. The van der Waals surface area contributed by atoms with Crippen LogP contribution < -0.4 is 5.43 Å². The van der Waals surface area contributed by atoms with E-state index < -0.39 is 0 Å². The van der Waals surface area contributed by atoms with E-state index in [0.717, 1.165) is 27.4 Å². The molecule has 0 N–H and O–H groups in total. The predicted octanol–water partition coefficient (Wildman–Crippen LogP) is 4.21. The van der Waals surface area contributed by atoms with Gasteiger partial charge in [-0.3, -0.25) is 4.79 Å². The van der Waals surface area contributed by atoms with Crippen LogP contribution in [0.1, 0.15) is 5.56 Å². The van der Waals surface area contributed by atoms with Gasteiger partial charge < -0.3 is 4.57 Å². The van der Waals surface area contributed by atoms with Gasteiger partial charge in [0, 0.05) is 16.3 Å². The molecular weight excluding hydrogens is 294 g/mol. The van der Waals surface area contributed by atoms with Crippen LogP contribution in [0.5, 0.6) is 0 Å². The van der Waals surface area contributed by atoms with Crippen molar-refractivity contribution in [2.45, 2.75) is 6.54 Å². The SMILES string of the molecule is O=c1c2ccccc2n(CC#Cc2ccccc2)c2ccccc12. The summed E-state index contributed by atoms with van der Waals surface area (Å²) < 4.78 is 2.11. The summed E-state index contributed by atoms with van der Waals surface area (Å²) in [6.45, 7) is 0.538. The first-order valence-corrected chi connectivity index (χ1v) is 7.89. The van der Waals surface area contributed by atoms with Crippen LogP contribution in [-0.4, -0.2) is 4.57 Å². The minimum Gasteiger partial charge on any atom is -0.328 e. The Morgan fingerprint density at radius 1 is 0.708 bits per heavy atom. The standard InChI is InChI=1S/C22H15NO/c24-22-18-12-4-6-14-20(18)23(21-15-7-5-13-19(21)22)16-8-11-17-9-2-1-3-10-17/h1-7,9-10,12-15H,16H2. The van der Waals surface area contributed by atoms with E-state index in [1.54, 1.807) is 0 Å². The predicted molar refractivity (Wildman–Crippen MR) is 99.0 cm³/mol. The fourth-order valence-corrected chi connectivity index (χ4v) is 2.99. The summed E-state index contributed by atoms with van der Waals surface area (Å²) >= 11 is 0. The lowest BCUT2D eigenvalue weighted by Crippen LogP contribution is -2.11. The van der Waals surface area contributed by atoms with E-state index in [4.69, 9.17) is 0 Å². The smallest absolute Gasteiger partial charge is 0.197 e. The molecule has 0 saturated heterocycles. The van der Waals surface area contributed by atoms with Crippen molar-refractivity contribution in [3.63, 3.8) is 0 Å². The highest BCUT2D eigenvalue weighted by molar-refractivity contribution is 5.93. The van der Waals surface area contributed by atoms with E-state index in [9.17, 15) is 4.79 Å². The molecule has 0 bridgehead atoms. The van der Waals surface area contributed by atoms with Crippen molar-refractivity contribution < 1.29 is 0 Å². The van der Waals surface area contributed by atoms with Gasteiger partial charge in [0.2, 0.25) is 0 Å². The lowest BCUT2D eigenvalue weighted by molar-refractivity contribution is 0.914. The number of rotatable bonds is 1. The lowest BCUT2D eigenvalue weighted by atomic mass is 10.1. The minimum atomic E-state index is 0.0773. The molecular formula is C22H15NO. The van der Waals surface area contributed by atoms with Gasteiger partial charge in [0.25, 0.3) is 0 Å². The van der Waals surface area contributed by atoms with Gasteiger partial charge in [0.05, 0.1) is 17.6 Å². The molecule has 0 unspecified atom stereocenters. The first-order valence-electron chi connectivity index (χ1n) is 7.89. The van der Waals surface area contributed by atoms with Crippen molar-refractivity contribution in [1.29, 1.82) is 0 Å². The van der Waals surface area contributed by atoms with Crippen LogP contribution in [0.25, 0.3) is 21.8 Å². The topological polar surface area (TPSA) is 22.0 Å². The quantitative estimate of drug-likeness (QED) is 0.381. The average Bonchev–Trinajstić information content (AvgIpc) is 2.65.